The van der Waals surface area contributed by atoms with Crippen LogP contribution in [0.3, 0.4) is 0 Å². The second-order valence-corrected chi connectivity index (χ2v) is 11.1. The number of carbonyl (C=O) groups is 3. The summed E-state index contributed by atoms with van der Waals surface area (Å²) in [5.74, 6) is -3.69. The molecule has 0 spiro atoms. The highest BCUT2D eigenvalue weighted by Gasteiger charge is 2.74. The number of alkyl halides is 1. The lowest BCUT2D eigenvalue weighted by Gasteiger charge is -2.63. The van der Waals surface area contributed by atoms with Crippen LogP contribution < -0.4 is 0 Å². The van der Waals surface area contributed by atoms with Crippen LogP contribution in [0.15, 0.2) is 23.6 Å². The Morgan fingerprint density at radius 2 is 1.97 bits per heavy atom. The molecule has 0 radical (unpaired) electrons. The van der Waals surface area contributed by atoms with Crippen LogP contribution in [0, 0.1) is 28.6 Å². The van der Waals surface area contributed by atoms with E-state index in [-0.39, 0.29) is 18.3 Å². The summed E-state index contributed by atoms with van der Waals surface area (Å²) in [5, 5.41) is 23.2. The van der Waals surface area contributed by atoms with Gasteiger partial charge in [-0.05, 0) is 55.1 Å². The van der Waals surface area contributed by atoms with Crippen LogP contribution in [-0.2, 0) is 19.1 Å². The summed E-state index contributed by atoms with van der Waals surface area (Å²) >= 11 is 7.26. The lowest BCUT2D eigenvalue weighted by molar-refractivity contribution is -0.182. The average molecular weight is 469 g/mol. The van der Waals surface area contributed by atoms with Crippen LogP contribution in [0.2, 0.25) is 0 Å². The van der Waals surface area contributed by atoms with E-state index in [1.807, 2.05) is 0 Å². The van der Waals surface area contributed by atoms with Crippen molar-refractivity contribution in [3.8, 4) is 0 Å². The molecule has 4 aliphatic carbocycles. The van der Waals surface area contributed by atoms with Crippen molar-refractivity contribution in [1.82, 2.24) is 0 Å². The van der Waals surface area contributed by atoms with Gasteiger partial charge in [-0.1, -0.05) is 26.8 Å². The third-order valence-electron chi connectivity index (χ3n) is 9.15. The number of ketones is 2. The van der Waals surface area contributed by atoms with E-state index in [0.29, 0.717) is 24.8 Å². The number of aliphatic hydroxyl groups is 2. The Morgan fingerprint density at radius 3 is 2.59 bits per heavy atom. The largest absolute Gasteiger partial charge is 0.458 e. The number of hydrogen-bond donors (Lipinski definition) is 2. The van der Waals surface area contributed by atoms with Crippen molar-refractivity contribution in [2.45, 2.75) is 70.0 Å². The number of halogens is 2. The first-order valence-electron chi connectivity index (χ1n) is 11.1. The molecule has 4 rings (SSSR count). The highest BCUT2D eigenvalue weighted by atomic mass is 35.5. The van der Waals surface area contributed by atoms with Crippen molar-refractivity contribution >= 4 is 29.1 Å². The summed E-state index contributed by atoms with van der Waals surface area (Å²) in [4.78, 5) is 35.0. The van der Waals surface area contributed by atoms with Gasteiger partial charge in [0.2, 0.25) is 11.6 Å². The van der Waals surface area contributed by atoms with Crippen LogP contribution in [0.5, 0.6) is 0 Å². The minimum atomic E-state index is -1.80. The molecule has 0 aliphatic heterocycles. The summed E-state index contributed by atoms with van der Waals surface area (Å²) in [6, 6.07) is 0. The van der Waals surface area contributed by atoms with E-state index in [4.69, 9.17) is 16.3 Å². The number of Topliss-reactive ketones (excluding diaryl/α,β-unsaturated/α-hetero) is 1. The van der Waals surface area contributed by atoms with E-state index >= 15 is 0 Å². The highest BCUT2D eigenvalue weighted by Crippen LogP contribution is 2.71. The van der Waals surface area contributed by atoms with Crippen molar-refractivity contribution in [3.05, 3.63) is 23.6 Å². The van der Waals surface area contributed by atoms with Crippen molar-refractivity contribution in [2.24, 2.45) is 28.6 Å². The molecule has 0 aromatic rings. The molecule has 8 heteroatoms. The first-order chi connectivity index (χ1) is 14.7. The van der Waals surface area contributed by atoms with Gasteiger partial charge in [0, 0.05) is 17.8 Å². The summed E-state index contributed by atoms with van der Waals surface area (Å²) in [5.41, 5.74) is -3.56. The smallest absolute Gasteiger partial charge is 0.303 e. The number of ether oxygens (including phenoxy) is 1. The van der Waals surface area contributed by atoms with Gasteiger partial charge >= 0.3 is 5.97 Å². The van der Waals surface area contributed by atoms with Crippen molar-refractivity contribution in [3.63, 3.8) is 0 Å². The number of carbonyl (C=O) groups excluding carboxylic acids is 3. The fourth-order valence-corrected chi connectivity index (χ4v) is 8.01. The van der Waals surface area contributed by atoms with Crippen molar-refractivity contribution in [2.75, 3.05) is 6.61 Å². The first kappa shape index (κ1) is 23.6. The summed E-state index contributed by atoms with van der Waals surface area (Å²) in [6.07, 6.45) is 2.88. The van der Waals surface area contributed by atoms with Gasteiger partial charge in [-0.2, -0.15) is 0 Å². The van der Waals surface area contributed by atoms with Crippen LogP contribution in [0.1, 0.15) is 53.4 Å². The Hall–Kier alpha value is -1.57. The van der Waals surface area contributed by atoms with Gasteiger partial charge in [0.05, 0.1) is 11.0 Å². The van der Waals surface area contributed by atoms with E-state index in [2.05, 4.69) is 0 Å². The molecule has 0 amide bonds. The molecular formula is C24H30ClFO6. The predicted octanol–water partition coefficient (Wildman–Crippen LogP) is 3.03. The topological polar surface area (TPSA) is 101 Å². The van der Waals surface area contributed by atoms with Crippen molar-refractivity contribution in [1.29, 1.82) is 0 Å². The van der Waals surface area contributed by atoms with Crippen LogP contribution in [-0.4, -0.2) is 50.9 Å². The molecule has 0 unspecified atom stereocenters. The summed E-state index contributed by atoms with van der Waals surface area (Å²) in [6.45, 7) is 5.99. The first-order valence-corrected chi connectivity index (χ1v) is 11.5. The Labute approximate surface area is 191 Å². The van der Waals surface area contributed by atoms with Gasteiger partial charge < -0.3 is 14.9 Å². The van der Waals surface area contributed by atoms with Gasteiger partial charge in [0.1, 0.15) is 5.60 Å². The standard InChI is InChI=1S/C24H30ClFO6/c1-12-9-16-14-5-6-15-20(26)17(28)7-8-21(15,3)23(14,25)18(29)10-22(16,4)24(12,31)19(30)11-32-13(2)27/h7-8,12,14,16,18,29,31H,5-6,9-11H2,1-4H3/t12-,14+,16+,18+,21+,22+,23+,24+/m1/s1. The Kier molecular flexibility index (Phi) is 5.32. The maximum atomic E-state index is 14.8. The van der Waals surface area contributed by atoms with Gasteiger partial charge in [-0.3, -0.25) is 14.4 Å². The lowest BCUT2D eigenvalue weighted by atomic mass is 9.45. The Balaban J connectivity index is 1.78. The molecule has 32 heavy (non-hydrogen) atoms. The fraction of sp³-hybridized carbons (Fsp3) is 0.708. The van der Waals surface area contributed by atoms with E-state index in [0.717, 1.165) is 0 Å². The molecule has 0 bridgehead atoms. The van der Waals surface area contributed by atoms with E-state index < -0.39 is 63.3 Å². The molecule has 4 aliphatic rings. The molecule has 0 aromatic heterocycles. The number of fused-ring (bicyclic) bond motifs is 5. The van der Waals surface area contributed by atoms with E-state index in [1.165, 1.54) is 13.0 Å². The SMILES string of the molecule is CC(=O)OCC(=O)[C@@]1(O)[C@H](C)C[C@H]2[C@@H]3CCC4=C(F)C(=O)C=C[C@]4(C)[C@@]3(Cl)[C@@H](O)C[C@@]21C. The zero-order valence-electron chi connectivity index (χ0n) is 18.8. The van der Waals surface area contributed by atoms with Crippen LogP contribution in [0.4, 0.5) is 4.39 Å². The second kappa shape index (κ2) is 7.21. The molecule has 176 valence electrons. The highest BCUT2D eigenvalue weighted by molar-refractivity contribution is 6.26. The third-order valence-corrected chi connectivity index (χ3v) is 10.1. The maximum absolute atomic E-state index is 14.8. The lowest BCUT2D eigenvalue weighted by Crippen LogP contribution is -2.69. The average Bonchev–Trinajstić information content (AvgIpc) is 2.92. The Bertz CT molecular complexity index is 960. The number of aliphatic hydroxyl groups excluding tert-OH is 1. The number of allylic oxidation sites excluding steroid dienone is 4. The minimum Gasteiger partial charge on any atom is -0.458 e. The molecule has 6 nitrogen and oxygen atoms in total. The zero-order valence-corrected chi connectivity index (χ0v) is 19.5. The third kappa shape index (κ3) is 2.67. The fourth-order valence-electron chi connectivity index (χ4n) is 7.50. The van der Waals surface area contributed by atoms with Crippen molar-refractivity contribution < 1.29 is 33.7 Å². The Morgan fingerprint density at radius 1 is 1.31 bits per heavy atom. The predicted molar refractivity (Wildman–Crippen MR) is 114 cm³/mol. The van der Waals surface area contributed by atoms with Crippen LogP contribution >= 0.6 is 11.6 Å². The van der Waals surface area contributed by atoms with Gasteiger partial charge in [0.25, 0.3) is 0 Å². The number of hydrogen-bond acceptors (Lipinski definition) is 6. The monoisotopic (exact) mass is 468 g/mol. The normalized spacial score (nSPS) is 47.6. The molecule has 3 fully saturated rings. The number of rotatable bonds is 3. The van der Waals surface area contributed by atoms with Crippen LogP contribution in [0.25, 0.3) is 0 Å². The van der Waals surface area contributed by atoms with Gasteiger partial charge in [0.15, 0.2) is 12.4 Å². The molecule has 0 heterocycles. The molecule has 3 saturated carbocycles. The zero-order chi connectivity index (χ0) is 23.9. The quantitative estimate of drug-likeness (QED) is 0.487. The molecule has 2 N–H and O–H groups in total. The summed E-state index contributed by atoms with van der Waals surface area (Å²) < 4.78 is 19.7. The van der Waals surface area contributed by atoms with E-state index in [1.54, 1.807) is 26.8 Å². The van der Waals surface area contributed by atoms with Gasteiger partial charge in [-0.15, -0.1) is 11.6 Å². The summed E-state index contributed by atoms with van der Waals surface area (Å²) in [7, 11) is 0. The molecule has 0 saturated heterocycles. The van der Waals surface area contributed by atoms with E-state index in [9.17, 15) is 29.0 Å². The molecule has 0 aromatic carbocycles. The number of esters is 1. The van der Waals surface area contributed by atoms with Gasteiger partial charge in [-0.25, -0.2) is 4.39 Å². The minimum absolute atomic E-state index is 0.0244. The second-order valence-electron chi connectivity index (χ2n) is 10.5. The maximum Gasteiger partial charge on any atom is 0.303 e. The molecular weight excluding hydrogens is 439 g/mol. The molecule has 8 atom stereocenters.